The highest BCUT2D eigenvalue weighted by molar-refractivity contribution is 7.89. The van der Waals surface area contributed by atoms with Crippen molar-refractivity contribution >= 4 is 10.0 Å². The summed E-state index contributed by atoms with van der Waals surface area (Å²) in [6.07, 6.45) is 0. The molecule has 0 saturated heterocycles. The van der Waals surface area contributed by atoms with E-state index in [4.69, 9.17) is 11.0 Å². The first-order chi connectivity index (χ1) is 8.83. The van der Waals surface area contributed by atoms with Gasteiger partial charge in [0.05, 0.1) is 0 Å². The first kappa shape index (κ1) is 15.6. The van der Waals surface area contributed by atoms with Gasteiger partial charge < -0.3 is 5.73 Å². The van der Waals surface area contributed by atoms with Gasteiger partial charge in [-0.25, -0.2) is 17.5 Å². The van der Waals surface area contributed by atoms with E-state index < -0.39 is 27.4 Å². The number of nitriles is 1. The van der Waals surface area contributed by atoms with Crippen molar-refractivity contribution in [1.82, 2.24) is 4.72 Å². The maximum atomic E-state index is 13.4. The van der Waals surface area contributed by atoms with E-state index in [-0.39, 0.29) is 17.4 Å². The first-order valence-electron chi connectivity index (χ1n) is 5.74. The molecular formula is C12H16FN3O2S. The first-order valence-corrected chi connectivity index (χ1v) is 7.22. The SMILES string of the molecule is CC(C)C(CN)NS(=O)(=O)c1cccc(F)c1C#N. The molecule has 0 bridgehead atoms. The average Bonchev–Trinajstić information content (AvgIpc) is 2.35. The van der Waals surface area contributed by atoms with Gasteiger partial charge in [-0.05, 0) is 18.1 Å². The van der Waals surface area contributed by atoms with E-state index in [0.717, 1.165) is 6.07 Å². The zero-order chi connectivity index (χ0) is 14.6. The number of rotatable bonds is 5. The van der Waals surface area contributed by atoms with E-state index in [1.807, 2.05) is 13.8 Å². The predicted octanol–water partition coefficient (Wildman–Crippen LogP) is 0.959. The largest absolute Gasteiger partial charge is 0.329 e. The fraction of sp³-hybridized carbons (Fsp3) is 0.417. The highest BCUT2D eigenvalue weighted by atomic mass is 32.2. The third-order valence-corrected chi connectivity index (χ3v) is 4.27. The highest BCUT2D eigenvalue weighted by Gasteiger charge is 2.25. The minimum absolute atomic E-state index is 0.0149. The van der Waals surface area contributed by atoms with Crippen LogP contribution in [0.25, 0.3) is 0 Å². The van der Waals surface area contributed by atoms with E-state index in [1.165, 1.54) is 12.1 Å². The van der Waals surface area contributed by atoms with Crippen molar-refractivity contribution < 1.29 is 12.8 Å². The number of nitrogens with two attached hydrogens (primary N) is 1. The molecule has 0 amide bonds. The van der Waals surface area contributed by atoms with Crippen LogP contribution < -0.4 is 10.5 Å². The van der Waals surface area contributed by atoms with E-state index in [9.17, 15) is 12.8 Å². The van der Waals surface area contributed by atoms with Crippen molar-refractivity contribution in [2.24, 2.45) is 11.7 Å². The van der Waals surface area contributed by atoms with Gasteiger partial charge in [0.2, 0.25) is 10.0 Å². The summed E-state index contributed by atoms with van der Waals surface area (Å²) < 4.78 is 40.1. The molecule has 7 heteroatoms. The third-order valence-electron chi connectivity index (χ3n) is 2.74. The second-order valence-corrected chi connectivity index (χ2v) is 6.11. The summed E-state index contributed by atoms with van der Waals surface area (Å²) in [6, 6.07) is 4.57. The number of nitrogens with zero attached hydrogens (tertiary/aromatic N) is 1. The van der Waals surface area contributed by atoms with Gasteiger partial charge in [-0.3, -0.25) is 0 Å². The Bertz CT molecular complexity index is 593. The molecule has 1 atom stereocenters. The second-order valence-electron chi connectivity index (χ2n) is 4.43. The highest BCUT2D eigenvalue weighted by Crippen LogP contribution is 2.18. The molecular weight excluding hydrogens is 269 g/mol. The molecule has 0 aromatic heterocycles. The number of hydrogen-bond donors (Lipinski definition) is 2. The van der Waals surface area contributed by atoms with Gasteiger partial charge in [-0.1, -0.05) is 19.9 Å². The lowest BCUT2D eigenvalue weighted by atomic mass is 10.1. The van der Waals surface area contributed by atoms with Gasteiger partial charge in [0.25, 0.3) is 0 Å². The molecule has 104 valence electrons. The van der Waals surface area contributed by atoms with Crippen LogP contribution in [0.5, 0.6) is 0 Å². The number of hydrogen-bond acceptors (Lipinski definition) is 4. The van der Waals surface area contributed by atoms with Crippen LogP contribution in [0.1, 0.15) is 19.4 Å². The van der Waals surface area contributed by atoms with Crippen molar-refractivity contribution in [3.05, 3.63) is 29.6 Å². The molecule has 5 nitrogen and oxygen atoms in total. The van der Waals surface area contributed by atoms with Gasteiger partial charge in [-0.15, -0.1) is 0 Å². The van der Waals surface area contributed by atoms with Crippen molar-refractivity contribution in [2.45, 2.75) is 24.8 Å². The molecule has 0 saturated carbocycles. The summed E-state index contributed by atoms with van der Waals surface area (Å²) in [7, 11) is -3.97. The Morgan fingerprint density at radius 3 is 2.58 bits per heavy atom. The van der Waals surface area contributed by atoms with Crippen molar-refractivity contribution in [1.29, 1.82) is 5.26 Å². The maximum absolute atomic E-state index is 13.4. The topological polar surface area (TPSA) is 96.0 Å². The molecule has 0 radical (unpaired) electrons. The Hall–Kier alpha value is -1.49. The molecule has 0 fully saturated rings. The molecule has 1 aromatic carbocycles. The van der Waals surface area contributed by atoms with Gasteiger partial charge in [0.15, 0.2) is 0 Å². The summed E-state index contributed by atoms with van der Waals surface area (Å²) in [5.74, 6) is -0.877. The summed E-state index contributed by atoms with van der Waals surface area (Å²) >= 11 is 0. The lowest BCUT2D eigenvalue weighted by Gasteiger charge is -2.20. The van der Waals surface area contributed by atoms with Crippen LogP contribution in [-0.4, -0.2) is 21.0 Å². The number of sulfonamides is 1. The Kier molecular flexibility index (Phi) is 5.00. The van der Waals surface area contributed by atoms with Crippen molar-refractivity contribution in [3.63, 3.8) is 0 Å². The van der Waals surface area contributed by atoms with Gasteiger partial charge in [-0.2, -0.15) is 5.26 Å². The zero-order valence-electron chi connectivity index (χ0n) is 10.7. The van der Waals surface area contributed by atoms with Crippen LogP contribution in [0.4, 0.5) is 4.39 Å². The molecule has 0 heterocycles. The summed E-state index contributed by atoms with van der Waals surface area (Å²) in [4.78, 5) is -0.367. The summed E-state index contributed by atoms with van der Waals surface area (Å²) in [6.45, 7) is 3.75. The maximum Gasteiger partial charge on any atom is 0.242 e. The number of halogens is 1. The fourth-order valence-corrected chi connectivity index (χ4v) is 3.12. The monoisotopic (exact) mass is 285 g/mol. The van der Waals surface area contributed by atoms with Crippen LogP contribution in [0.3, 0.4) is 0 Å². The molecule has 1 rings (SSSR count). The van der Waals surface area contributed by atoms with Crippen LogP contribution in [0.15, 0.2) is 23.1 Å². The Morgan fingerprint density at radius 2 is 2.11 bits per heavy atom. The molecule has 0 aliphatic carbocycles. The lowest BCUT2D eigenvalue weighted by Crippen LogP contribution is -2.43. The van der Waals surface area contributed by atoms with Crippen molar-refractivity contribution in [3.8, 4) is 6.07 Å². The standard InChI is InChI=1S/C12H16FN3O2S/c1-8(2)11(7-15)16-19(17,18)12-5-3-4-10(13)9(12)6-14/h3-5,8,11,16H,7,15H2,1-2H3. The Morgan fingerprint density at radius 1 is 1.47 bits per heavy atom. The molecule has 1 unspecified atom stereocenters. The van der Waals surface area contributed by atoms with Crippen LogP contribution in [-0.2, 0) is 10.0 Å². The van der Waals surface area contributed by atoms with Crippen molar-refractivity contribution in [2.75, 3.05) is 6.54 Å². The molecule has 0 spiro atoms. The van der Waals surface area contributed by atoms with E-state index in [0.29, 0.717) is 0 Å². The van der Waals surface area contributed by atoms with E-state index in [2.05, 4.69) is 4.72 Å². The zero-order valence-corrected chi connectivity index (χ0v) is 11.5. The minimum atomic E-state index is -3.97. The smallest absolute Gasteiger partial charge is 0.242 e. The van der Waals surface area contributed by atoms with Crippen LogP contribution in [0.2, 0.25) is 0 Å². The Balaban J connectivity index is 3.22. The molecule has 3 N–H and O–H groups in total. The Labute approximate surface area is 112 Å². The predicted molar refractivity (Wildman–Crippen MR) is 69.1 cm³/mol. The number of nitrogens with one attached hydrogen (secondary N) is 1. The summed E-state index contributed by atoms with van der Waals surface area (Å²) in [5.41, 5.74) is 5.00. The molecule has 19 heavy (non-hydrogen) atoms. The van der Waals surface area contributed by atoms with Gasteiger partial charge >= 0.3 is 0 Å². The molecule has 0 aliphatic heterocycles. The lowest BCUT2D eigenvalue weighted by molar-refractivity contribution is 0.454. The van der Waals surface area contributed by atoms with Gasteiger partial charge in [0.1, 0.15) is 22.3 Å². The fourth-order valence-electron chi connectivity index (χ4n) is 1.56. The minimum Gasteiger partial charge on any atom is -0.329 e. The van der Waals surface area contributed by atoms with Gasteiger partial charge in [0, 0.05) is 12.6 Å². The van der Waals surface area contributed by atoms with Crippen LogP contribution >= 0.6 is 0 Å². The van der Waals surface area contributed by atoms with Crippen LogP contribution in [0, 0.1) is 23.1 Å². The molecule has 1 aromatic rings. The van der Waals surface area contributed by atoms with E-state index >= 15 is 0 Å². The summed E-state index contributed by atoms with van der Waals surface area (Å²) in [5, 5.41) is 8.86. The second kappa shape index (κ2) is 6.10. The third kappa shape index (κ3) is 3.50. The molecule has 0 aliphatic rings. The normalized spacial score (nSPS) is 13.3. The number of benzene rings is 1. The van der Waals surface area contributed by atoms with E-state index in [1.54, 1.807) is 6.07 Å². The average molecular weight is 285 g/mol. The quantitative estimate of drug-likeness (QED) is 0.842.